The van der Waals surface area contributed by atoms with Crippen molar-refractivity contribution in [2.75, 3.05) is 5.32 Å². The zero-order valence-corrected chi connectivity index (χ0v) is 11.7. The lowest BCUT2D eigenvalue weighted by Gasteiger charge is -2.12. The summed E-state index contributed by atoms with van der Waals surface area (Å²) in [7, 11) is 0. The number of carbonyl (C=O) groups is 1. The van der Waals surface area contributed by atoms with Crippen LogP contribution in [0, 0.1) is 0 Å². The van der Waals surface area contributed by atoms with Crippen LogP contribution in [-0.4, -0.2) is 11.9 Å². The van der Waals surface area contributed by atoms with Crippen molar-refractivity contribution >= 4 is 11.6 Å². The van der Waals surface area contributed by atoms with Crippen molar-refractivity contribution in [2.45, 2.75) is 25.8 Å². The van der Waals surface area contributed by atoms with Crippen LogP contribution in [0.2, 0.25) is 0 Å². The summed E-state index contributed by atoms with van der Waals surface area (Å²) in [6, 6.07) is 18.2. The molecule has 1 atom stereocenters. The van der Waals surface area contributed by atoms with Crippen molar-refractivity contribution in [3.05, 3.63) is 65.7 Å². The molecule has 3 nitrogen and oxygen atoms in total. The van der Waals surface area contributed by atoms with Crippen LogP contribution in [0.3, 0.4) is 0 Å². The second-order valence-electron chi connectivity index (χ2n) is 5.03. The van der Waals surface area contributed by atoms with Crippen LogP contribution in [0.25, 0.3) is 0 Å². The first-order chi connectivity index (χ1) is 9.63. The van der Waals surface area contributed by atoms with Crippen LogP contribution in [0.5, 0.6) is 0 Å². The molecule has 2 aromatic rings. The summed E-state index contributed by atoms with van der Waals surface area (Å²) in [6.45, 7) is 1.50. The smallest absolute Gasteiger partial charge is 0.221 e. The molecule has 0 saturated heterocycles. The molecule has 20 heavy (non-hydrogen) atoms. The average molecular weight is 268 g/mol. The molecule has 0 spiro atoms. The van der Waals surface area contributed by atoms with Crippen molar-refractivity contribution in [1.82, 2.24) is 0 Å². The topological polar surface area (TPSA) is 55.1 Å². The van der Waals surface area contributed by atoms with E-state index in [0.717, 1.165) is 18.5 Å². The predicted octanol–water partition coefficient (Wildman–Crippen LogP) is 2.76. The second kappa shape index (κ2) is 6.87. The van der Waals surface area contributed by atoms with Gasteiger partial charge in [-0.05, 0) is 36.1 Å². The van der Waals surface area contributed by atoms with Gasteiger partial charge in [0.05, 0.1) is 0 Å². The lowest BCUT2D eigenvalue weighted by Crippen LogP contribution is -2.25. The van der Waals surface area contributed by atoms with Crippen LogP contribution in [0.15, 0.2) is 54.6 Å². The molecule has 3 heteroatoms. The van der Waals surface area contributed by atoms with Gasteiger partial charge in [-0.3, -0.25) is 4.79 Å². The van der Waals surface area contributed by atoms with E-state index in [0.29, 0.717) is 0 Å². The molecular formula is C17H20N2O. The normalized spacial score (nSPS) is 11.9. The number of nitrogens with two attached hydrogens (primary N) is 1. The van der Waals surface area contributed by atoms with Crippen molar-refractivity contribution < 1.29 is 4.79 Å². The Labute approximate surface area is 119 Å². The predicted molar refractivity (Wildman–Crippen MR) is 82.6 cm³/mol. The summed E-state index contributed by atoms with van der Waals surface area (Å²) in [5, 5.41) is 2.75. The van der Waals surface area contributed by atoms with Gasteiger partial charge < -0.3 is 11.1 Å². The molecule has 0 radical (unpaired) electrons. The molecule has 0 saturated carbocycles. The number of anilines is 1. The van der Waals surface area contributed by atoms with Crippen molar-refractivity contribution in [2.24, 2.45) is 5.73 Å². The lowest BCUT2D eigenvalue weighted by molar-refractivity contribution is -0.114. The highest BCUT2D eigenvalue weighted by Gasteiger charge is 2.05. The number of nitrogens with one attached hydrogen (secondary N) is 1. The van der Waals surface area contributed by atoms with Gasteiger partial charge in [-0.2, -0.15) is 0 Å². The molecule has 2 aromatic carbocycles. The van der Waals surface area contributed by atoms with Crippen LogP contribution >= 0.6 is 0 Å². The first kappa shape index (κ1) is 14.3. The van der Waals surface area contributed by atoms with E-state index < -0.39 is 0 Å². The fraction of sp³-hybridized carbons (Fsp3) is 0.235. The highest BCUT2D eigenvalue weighted by atomic mass is 16.1. The minimum absolute atomic E-state index is 0.0569. The molecule has 3 N–H and O–H groups in total. The van der Waals surface area contributed by atoms with Gasteiger partial charge in [-0.25, -0.2) is 0 Å². The molecule has 0 aliphatic heterocycles. The fourth-order valence-electron chi connectivity index (χ4n) is 2.22. The summed E-state index contributed by atoms with van der Waals surface area (Å²) in [6.07, 6.45) is 1.70. The van der Waals surface area contributed by atoms with Gasteiger partial charge in [0, 0.05) is 18.7 Å². The number of hydrogen-bond acceptors (Lipinski definition) is 2. The third-order valence-corrected chi connectivity index (χ3v) is 3.11. The molecular weight excluding hydrogens is 248 g/mol. The maximum atomic E-state index is 10.9. The minimum atomic E-state index is -0.0569. The second-order valence-corrected chi connectivity index (χ2v) is 5.03. The number of benzene rings is 2. The Morgan fingerprint density at radius 1 is 1.00 bits per heavy atom. The molecule has 0 aromatic heterocycles. The van der Waals surface area contributed by atoms with Crippen LogP contribution in [0.4, 0.5) is 5.69 Å². The van der Waals surface area contributed by atoms with E-state index in [1.54, 1.807) is 0 Å². The van der Waals surface area contributed by atoms with Gasteiger partial charge in [0.2, 0.25) is 5.91 Å². The molecule has 1 unspecified atom stereocenters. The van der Waals surface area contributed by atoms with E-state index in [9.17, 15) is 4.79 Å². The minimum Gasteiger partial charge on any atom is -0.327 e. The largest absolute Gasteiger partial charge is 0.327 e. The highest BCUT2D eigenvalue weighted by Crippen LogP contribution is 2.12. The quantitative estimate of drug-likeness (QED) is 0.876. The Morgan fingerprint density at radius 3 is 2.10 bits per heavy atom. The Balaban J connectivity index is 1.91. The molecule has 0 aliphatic carbocycles. The molecule has 0 fully saturated rings. The Morgan fingerprint density at radius 2 is 1.55 bits per heavy atom. The van der Waals surface area contributed by atoms with Gasteiger partial charge in [-0.1, -0.05) is 42.5 Å². The van der Waals surface area contributed by atoms with E-state index in [1.165, 1.54) is 18.1 Å². The third-order valence-electron chi connectivity index (χ3n) is 3.11. The molecule has 1 amide bonds. The van der Waals surface area contributed by atoms with Crippen molar-refractivity contribution in [3.63, 3.8) is 0 Å². The first-order valence-corrected chi connectivity index (χ1v) is 6.79. The number of hydrogen-bond donors (Lipinski definition) is 2. The number of rotatable bonds is 5. The van der Waals surface area contributed by atoms with Crippen molar-refractivity contribution in [1.29, 1.82) is 0 Å². The maximum Gasteiger partial charge on any atom is 0.221 e. The van der Waals surface area contributed by atoms with E-state index in [4.69, 9.17) is 5.73 Å². The lowest BCUT2D eigenvalue weighted by atomic mass is 10.00. The van der Waals surface area contributed by atoms with Gasteiger partial charge in [-0.15, -0.1) is 0 Å². The van der Waals surface area contributed by atoms with Gasteiger partial charge in [0.1, 0.15) is 0 Å². The molecule has 0 aliphatic rings. The summed E-state index contributed by atoms with van der Waals surface area (Å²) in [5.74, 6) is -0.0569. The SMILES string of the molecule is CC(=O)Nc1ccc(CC(N)Cc2ccccc2)cc1. The monoisotopic (exact) mass is 268 g/mol. The molecule has 0 heterocycles. The third kappa shape index (κ3) is 4.52. The fourth-order valence-corrected chi connectivity index (χ4v) is 2.22. The molecule has 104 valence electrons. The van der Waals surface area contributed by atoms with E-state index in [2.05, 4.69) is 17.4 Å². The van der Waals surface area contributed by atoms with Crippen LogP contribution in [-0.2, 0) is 17.6 Å². The van der Waals surface area contributed by atoms with Crippen molar-refractivity contribution in [3.8, 4) is 0 Å². The Kier molecular flexibility index (Phi) is 4.91. The Hall–Kier alpha value is -2.13. The maximum absolute atomic E-state index is 10.9. The zero-order chi connectivity index (χ0) is 14.4. The summed E-state index contributed by atoms with van der Waals surface area (Å²) in [4.78, 5) is 10.9. The van der Waals surface area contributed by atoms with Crippen LogP contribution in [0.1, 0.15) is 18.1 Å². The Bertz CT molecular complexity index is 549. The van der Waals surface area contributed by atoms with E-state index >= 15 is 0 Å². The van der Waals surface area contributed by atoms with Gasteiger partial charge in [0.15, 0.2) is 0 Å². The summed E-state index contributed by atoms with van der Waals surface area (Å²) in [5.41, 5.74) is 9.45. The molecule has 0 bridgehead atoms. The van der Waals surface area contributed by atoms with Gasteiger partial charge >= 0.3 is 0 Å². The standard InChI is InChI=1S/C17H20N2O/c1-13(20)19-17-9-7-15(8-10-17)12-16(18)11-14-5-3-2-4-6-14/h2-10,16H,11-12,18H2,1H3,(H,19,20). The van der Waals surface area contributed by atoms with E-state index in [-0.39, 0.29) is 11.9 Å². The number of amides is 1. The highest BCUT2D eigenvalue weighted by molar-refractivity contribution is 5.88. The van der Waals surface area contributed by atoms with Crippen LogP contribution < -0.4 is 11.1 Å². The molecule has 2 rings (SSSR count). The summed E-state index contributed by atoms with van der Waals surface area (Å²) < 4.78 is 0. The zero-order valence-electron chi connectivity index (χ0n) is 11.7. The van der Waals surface area contributed by atoms with E-state index in [1.807, 2.05) is 42.5 Å². The average Bonchev–Trinajstić information content (AvgIpc) is 2.41. The number of carbonyl (C=O) groups excluding carboxylic acids is 1. The first-order valence-electron chi connectivity index (χ1n) is 6.79. The van der Waals surface area contributed by atoms with Gasteiger partial charge in [0.25, 0.3) is 0 Å². The summed E-state index contributed by atoms with van der Waals surface area (Å²) >= 11 is 0.